The summed E-state index contributed by atoms with van der Waals surface area (Å²) in [6, 6.07) is 0. The highest BCUT2D eigenvalue weighted by atomic mass is 28.1. The predicted molar refractivity (Wildman–Crippen MR) is 51.0 cm³/mol. The molecule has 68 valence electrons. The molecule has 1 fully saturated rings. The largest absolute Gasteiger partial charge is 0.396 e. The molecule has 0 bridgehead atoms. The Labute approximate surface area is 72.6 Å². The molecule has 0 aromatic rings. The van der Waals surface area contributed by atoms with Crippen LogP contribution in [-0.4, -0.2) is 34.4 Å². The van der Waals surface area contributed by atoms with Gasteiger partial charge in [-0.15, -0.1) is 0 Å². The fraction of sp³-hybridized carbons (Fsp3) is 1.00. The minimum Gasteiger partial charge on any atom is -0.396 e. The third kappa shape index (κ3) is 2.58. The van der Waals surface area contributed by atoms with Crippen LogP contribution in [0.15, 0.2) is 0 Å². The predicted octanol–water partition coefficient (Wildman–Crippen LogP) is -0.530. The van der Waals surface area contributed by atoms with E-state index in [1.54, 1.807) is 0 Å². The highest BCUT2D eigenvalue weighted by Crippen LogP contribution is 2.34. The number of aliphatic hydroxyl groups excluding tert-OH is 2. The van der Waals surface area contributed by atoms with Crippen molar-refractivity contribution in [1.29, 1.82) is 0 Å². The van der Waals surface area contributed by atoms with Crippen molar-refractivity contribution in [2.75, 3.05) is 13.2 Å². The van der Waals surface area contributed by atoms with Gasteiger partial charge in [0.1, 0.15) is 0 Å². The van der Waals surface area contributed by atoms with Gasteiger partial charge in [0, 0.05) is 5.41 Å². The monoisotopic (exact) mass is 176 g/mol. The van der Waals surface area contributed by atoms with Crippen molar-refractivity contribution in [3.8, 4) is 0 Å². The number of hydrogen-bond acceptors (Lipinski definition) is 2. The molecule has 0 atom stereocenters. The molecule has 0 aromatic carbocycles. The fourth-order valence-electron chi connectivity index (χ4n) is 1.67. The molecule has 0 radical (unpaired) electrons. The van der Waals surface area contributed by atoms with Crippen LogP contribution in [0.2, 0.25) is 0 Å². The number of rotatable bonds is 2. The molecular formula is C8H20O2Si. The van der Waals surface area contributed by atoms with E-state index in [4.69, 9.17) is 10.2 Å². The lowest BCUT2D eigenvalue weighted by molar-refractivity contribution is 0.0234. The van der Waals surface area contributed by atoms with E-state index in [9.17, 15) is 0 Å². The average molecular weight is 176 g/mol. The Bertz CT molecular complexity index is 94.3. The van der Waals surface area contributed by atoms with Crippen LogP contribution in [0, 0.1) is 5.41 Å². The Morgan fingerprint density at radius 3 is 1.64 bits per heavy atom. The first-order chi connectivity index (χ1) is 4.83. The maximum Gasteiger partial charge on any atom is 0.0509 e. The summed E-state index contributed by atoms with van der Waals surface area (Å²) in [7, 11) is 0. The maximum absolute atomic E-state index is 8.98. The quantitative estimate of drug-likeness (QED) is 0.555. The van der Waals surface area contributed by atoms with Crippen LogP contribution >= 0.6 is 0 Å². The molecule has 1 saturated carbocycles. The van der Waals surface area contributed by atoms with Gasteiger partial charge in [-0.1, -0.05) is 19.3 Å². The Hall–Kier alpha value is 0.137. The lowest BCUT2D eigenvalue weighted by Gasteiger charge is -2.33. The summed E-state index contributed by atoms with van der Waals surface area (Å²) in [5.74, 6) is 0. The van der Waals surface area contributed by atoms with Gasteiger partial charge in [-0.25, -0.2) is 0 Å². The Balaban J connectivity index is 0.000001000. The molecule has 0 spiro atoms. The molecule has 0 amide bonds. The lowest BCUT2D eigenvalue weighted by atomic mass is 9.75. The second-order valence-electron chi connectivity index (χ2n) is 3.38. The van der Waals surface area contributed by atoms with Gasteiger partial charge in [0.25, 0.3) is 0 Å². The molecular weight excluding hydrogens is 156 g/mol. The van der Waals surface area contributed by atoms with Crippen LogP contribution < -0.4 is 0 Å². The standard InChI is InChI=1S/C8H16O2.H4Si/c9-6-8(7-10)4-2-1-3-5-8;/h9-10H,1-7H2;1H4. The summed E-state index contributed by atoms with van der Waals surface area (Å²) in [6.07, 6.45) is 5.60. The van der Waals surface area contributed by atoms with Crippen LogP contribution in [-0.2, 0) is 0 Å². The second-order valence-corrected chi connectivity index (χ2v) is 3.38. The third-order valence-electron chi connectivity index (χ3n) is 2.59. The summed E-state index contributed by atoms with van der Waals surface area (Å²) in [5, 5.41) is 18.0. The summed E-state index contributed by atoms with van der Waals surface area (Å²) >= 11 is 0. The third-order valence-corrected chi connectivity index (χ3v) is 2.59. The van der Waals surface area contributed by atoms with Crippen molar-refractivity contribution in [3.63, 3.8) is 0 Å². The molecule has 0 saturated heterocycles. The normalized spacial score (nSPS) is 22.4. The first kappa shape index (κ1) is 11.1. The van der Waals surface area contributed by atoms with Crippen LogP contribution in [0.4, 0.5) is 0 Å². The van der Waals surface area contributed by atoms with E-state index in [-0.39, 0.29) is 29.6 Å². The van der Waals surface area contributed by atoms with E-state index in [1.807, 2.05) is 0 Å². The van der Waals surface area contributed by atoms with Crippen molar-refractivity contribution in [2.45, 2.75) is 32.1 Å². The van der Waals surface area contributed by atoms with Gasteiger partial charge in [-0.05, 0) is 23.8 Å². The maximum atomic E-state index is 8.98. The van der Waals surface area contributed by atoms with Crippen LogP contribution in [0.3, 0.4) is 0 Å². The fourth-order valence-corrected chi connectivity index (χ4v) is 1.67. The van der Waals surface area contributed by atoms with Gasteiger partial charge in [0.05, 0.1) is 13.2 Å². The highest BCUT2D eigenvalue weighted by Gasteiger charge is 2.30. The van der Waals surface area contributed by atoms with Crippen molar-refractivity contribution in [1.82, 2.24) is 0 Å². The Morgan fingerprint density at radius 2 is 1.36 bits per heavy atom. The van der Waals surface area contributed by atoms with Gasteiger partial charge in [0.2, 0.25) is 0 Å². The second kappa shape index (κ2) is 4.90. The van der Waals surface area contributed by atoms with E-state index in [1.165, 1.54) is 19.3 Å². The van der Waals surface area contributed by atoms with Crippen LogP contribution in [0.25, 0.3) is 0 Å². The Kier molecular flexibility index (Phi) is 4.96. The summed E-state index contributed by atoms with van der Waals surface area (Å²) < 4.78 is 0. The molecule has 2 N–H and O–H groups in total. The first-order valence-corrected chi connectivity index (χ1v) is 4.05. The van der Waals surface area contributed by atoms with Gasteiger partial charge in [-0.3, -0.25) is 0 Å². The molecule has 0 unspecified atom stereocenters. The van der Waals surface area contributed by atoms with Crippen molar-refractivity contribution in [3.05, 3.63) is 0 Å². The van der Waals surface area contributed by atoms with E-state index < -0.39 is 0 Å². The molecule has 0 heterocycles. The molecule has 0 aliphatic heterocycles. The lowest BCUT2D eigenvalue weighted by Crippen LogP contribution is -2.31. The van der Waals surface area contributed by atoms with Crippen molar-refractivity contribution >= 4 is 11.0 Å². The molecule has 0 aromatic heterocycles. The zero-order valence-corrected chi connectivity index (χ0v) is 6.34. The van der Waals surface area contributed by atoms with E-state index >= 15 is 0 Å². The smallest absolute Gasteiger partial charge is 0.0509 e. The summed E-state index contributed by atoms with van der Waals surface area (Å²) in [6.45, 7) is 0.312. The van der Waals surface area contributed by atoms with Crippen molar-refractivity contribution in [2.24, 2.45) is 5.41 Å². The zero-order chi connectivity index (χ0) is 7.45. The van der Waals surface area contributed by atoms with E-state index in [2.05, 4.69) is 0 Å². The van der Waals surface area contributed by atoms with Crippen LogP contribution in [0.1, 0.15) is 32.1 Å². The number of hydrogen-bond donors (Lipinski definition) is 2. The van der Waals surface area contributed by atoms with E-state index in [0.29, 0.717) is 0 Å². The molecule has 11 heavy (non-hydrogen) atoms. The minimum atomic E-state index is -0.127. The molecule has 1 aliphatic rings. The summed E-state index contributed by atoms with van der Waals surface area (Å²) in [4.78, 5) is 0. The SMILES string of the molecule is OCC1(CO)CCCCC1.[SiH4]. The zero-order valence-electron chi connectivity index (χ0n) is 6.34. The number of aliphatic hydroxyl groups is 2. The van der Waals surface area contributed by atoms with Gasteiger partial charge in [-0.2, -0.15) is 0 Å². The molecule has 3 heteroatoms. The Morgan fingerprint density at radius 1 is 0.909 bits per heavy atom. The van der Waals surface area contributed by atoms with Gasteiger partial charge < -0.3 is 10.2 Å². The van der Waals surface area contributed by atoms with Gasteiger partial charge >= 0.3 is 0 Å². The van der Waals surface area contributed by atoms with Crippen LogP contribution in [0.5, 0.6) is 0 Å². The van der Waals surface area contributed by atoms with E-state index in [0.717, 1.165) is 12.8 Å². The minimum absolute atomic E-state index is 0. The topological polar surface area (TPSA) is 40.5 Å². The molecule has 1 aliphatic carbocycles. The average Bonchev–Trinajstić information content (AvgIpc) is 2.06. The highest BCUT2D eigenvalue weighted by molar-refractivity contribution is 5.75. The van der Waals surface area contributed by atoms with Gasteiger partial charge in [0.15, 0.2) is 0 Å². The summed E-state index contributed by atoms with van der Waals surface area (Å²) in [5.41, 5.74) is -0.127. The molecule has 1 rings (SSSR count). The first-order valence-electron chi connectivity index (χ1n) is 4.05. The van der Waals surface area contributed by atoms with Crippen molar-refractivity contribution < 1.29 is 10.2 Å². The molecule has 2 nitrogen and oxygen atoms in total.